The van der Waals surface area contributed by atoms with Crippen molar-refractivity contribution in [1.29, 1.82) is 0 Å². The third-order valence-corrected chi connectivity index (χ3v) is 4.27. The maximum absolute atomic E-state index is 10.6. The predicted molar refractivity (Wildman–Crippen MR) is 101 cm³/mol. The molecule has 0 aliphatic carbocycles. The van der Waals surface area contributed by atoms with Crippen molar-refractivity contribution in [3.63, 3.8) is 0 Å². The van der Waals surface area contributed by atoms with E-state index in [-0.39, 0.29) is 0 Å². The van der Waals surface area contributed by atoms with Crippen molar-refractivity contribution in [3.05, 3.63) is 59.5 Å². The predicted octanol–water partition coefficient (Wildman–Crippen LogP) is 3.92. The lowest BCUT2D eigenvalue weighted by Gasteiger charge is -2.17. The van der Waals surface area contributed by atoms with Crippen LogP contribution in [0.3, 0.4) is 0 Å². The van der Waals surface area contributed by atoms with Gasteiger partial charge in [-0.2, -0.15) is 18.3 Å². The van der Waals surface area contributed by atoms with Crippen molar-refractivity contribution < 1.29 is 32.2 Å². The average Bonchev–Trinajstić information content (AvgIpc) is 3.39. The van der Waals surface area contributed by atoms with Crippen LogP contribution in [0.25, 0.3) is 11.5 Å². The molecule has 160 valence electrons. The summed E-state index contributed by atoms with van der Waals surface area (Å²) in [6.07, 6.45) is -1.16. The highest BCUT2D eigenvalue weighted by atomic mass is 19.4. The summed E-state index contributed by atoms with van der Waals surface area (Å²) in [5.74, 6) is 0.00357. The van der Waals surface area contributed by atoms with Gasteiger partial charge in [0.05, 0.1) is 13.2 Å². The van der Waals surface area contributed by atoms with Gasteiger partial charge in [0, 0.05) is 12.7 Å². The number of hydrogen-bond acceptors (Lipinski definition) is 5. The van der Waals surface area contributed by atoms with Gasteiger partial charge in [-0.3, -0.25) is 5.10 Å². The maximum Gasteiger partial charge on any atom is 0.490 e. The molecule has 4 rings (SSSR count). The average molecular weight is 423 g/mol. The van der Waals surface area contributed by atoms with Crippen LogP contribution in [0.2, 0.25) is 0 Å². The highest BCUT2D eigenvalue weighted by Gasteiger charge is 2.38. The summed E-state index contributed by atoms with van der Waals surface area (Å²) in [6, 6.07) is 12.3. The number of H-pyrrole nitrogens is 1. The van der Waals surface area contributed by atoms with Gasteiger partial charge in [-0.15, -0.1) is 0 Å². The second-order valence-electron chi connectivity index (χ2n) is 6.54. The quantitative estimate of drug-likeness (QED) is 0.575. The Morgan fingerprint density at radius 1 is 1.20 bits per heavy atom. The summed E-state index contributed by atoms with van der Waals surface area (Å²) in [7, 11) is 0. The number of benzene rings is 1. The first-order chi connectivity index (χ1) is 14.3. The number of hydrogen-bond donors (Lipinski definition) is 3. The van der Waals surface area contributed by atoms with E-state index in [1.54, 1.807) is 6.20 Å². The van der Waals surface area contributed by atoms with Gasteiger partial charge in [0.1, 0.15) is 17.2 Å². The number of aromatic nitrogens is 2. The van der Waals surface area contributed by atoms with Crippen LogP contribution >= 0.6 is 0 Å². The number of carbonyl (C=O) groups is 1. The van der Waals surface area contributed by atoms with Gasteiger partial charge < -0.3 is 19.6 Å². The van der Waals surface area contributed by atoms with Crippen molar-refractivity contribution in [1.82, 2.24) is 15.5 Å². The van der Waals surface area contributed by atoms with Crippen LogP contribution in [0.5, 0.6) is 5.75 Å². The van der Waals surface area contributed by atoms with Gasteiger partial charge in [-0.1, -0.05) is 12.1 Å². The number of furan rings is 1. The number of nitrogens with zero attached hydrogens (tertiary/aromatic N) is 1. The number of nitrogens with one attached hydrogen (secondary N) is 2. The maximum atomic E-state index is 10.6. The fourth-order valence-electron chi connectivity index (χ4n) is 2.86. The summed E-state index contributed by atoms with van der Waals surface area (Å²) >= 11 is 0. The van der Waals surface area contributed by atoms with Crippen molar-refractivity contribution in [2.24, 2.45) is 0 Å². The summed E-state index contributed by atoms with van der Waals surface area (Å²) in [4.78, 5) is 8.90. The molecular weight excluding hydrogens is 403 g/mol. The minimum absolute atomic E-state index is 0.696. The molecule has 30 heavy (non-hydrogen) atoms. The third-order valence-electron chi connectivity index (χ3n) is 4.27. The lowest BCUT2D eigenvalue weighted by molar-refractivity contribution is -0.192. The monoisotopic (exact) mass is 423 g/mol. The van der Waals surface area contributed by atoms with E-state index in [0.29, 0.717) is 6.54 Å². The molecule has 3 N–H and O–H groups in total. The number of carboxylic acid groups (broad SMARTS) is 1. The van der Waals surface area contributed by atoms with Gasteiger partial charge >= 0.3 is 12.1 Å². The van der Waals surface area contributed by atoms with Gasteiger partial charge in [0.25, 0.3) is 0 Å². The minimum Gasteiger partial charge on any atom is -0.493 e. The molecule has 7 nitrogen and oxygen atoms in total. The Kier molecular flexibility index (Phi) is 6.78. The van der Waals surface area contributed by atoms with E-state index in [2.05, 4.69) is 33.7 Å². The molecule has 0 saturated carbocycles. The number of rotatable bonds is 5. The van der Waals surface area contributed by atoms with E-state index in [9.17, 15) is 13.2 Å². The topological polar surface area (TPSA) is 100 Å². The molecule has 2 aromatic heterocycles. The summed E-state index contributed by atoms with van der Waals surface area (Å²) in [5, 5.41) is 17.4. The number of halogens is 3. The van der Waals surface area contributed by atoms with Gasteiger partial charge in [0.15, 0.2) is 5.76 Å². The van der Waals surface area contributed by atoms with Crippen LogP contribution in [-0.4, -0.2) is 34.1 Å². The van der Waals surface area contributed by atoms with Gasteiger partial charge in [0.2, 0.25) is 0 Å². The second-order valence-corrected chi connectivity index (χ2v) is 6.54. The Balaban J connectivity index is 0.000000318. The van der Waals surface area contributed by atoms with E-state index in [4.69, 9.17) is 19.1 Å². The Labute approximate surface area is 169 Å². The zero-order valence-corrected chi connectivity index (χ0v) is 15.8. The normalized spacial score (nSPS) is 13.0. The minimum atomic E-state index is -5.08. The van der Waals surface area contributed by atoms with Crippen LogP contribution in [0.15, 0.2) is 47.0 Å². The molecule has 0 saturated heterocycles. The zero-order valence-electron chi connectivity index (χ0n) is 15.8. The highest BCUT2D eigenvalue weighted by Crippen LogP contribution is 2.25. The Hall–Kier alpha value is -3.27. The fraction of sp³-hybridized carbons (Fsp3) is 0.300. The zero-order chi connectivity index (χ0) is 21.6. The van der Waals surface area contributed by atoms with Crippen LogP contribution in [0.1, 0.15) is 23.3 Å². The Morgan fingerprint density at radius 2 is 2.00 bits per heavy atom. The number of ether oxygens (including phenoxy) is 1. The van der Waals surface area contributed by atoms with Crippen LogP contribution < -0.4 is 10.1 Å². The number of aryl methyl sites for hydroxylation is 1. The molecule has 0 radical (unpaired) electrons. The molecule has 0 unspecified atom stereocenters. The Bertz CT molecular complexity index is 968. The SMILES string of the molecule is O=C(O)C(F)(F)F.c1cc(-c2ccc(CNCc3ccc4c(c3)CCCO4)o2)[nH]n1. The molecule has 0 spiro atoms. The van der Waals surface area contributed by atoms with E-state index in [1.165, 1.54) is 11.1 Å². The van der Waals surface area contributed by atoms with E-state index in [0.717, 1.165) is 49.0 Å². The molecule has 3 aromatic rings. The molecule has 0 amide bonds. The lowest BCUT2D eigenvalue weighted by Crippen LogP contribution is -2.21. The van der Waals surface area contributed by atoms with E-state index >= 15 is 0 Å². The molecular formula is C20H20F3N3O4. The van der Waals surface area contributed by atoms with Crippen LogP contribution in [0, 0.1) is 0 Å². The van der Waals surface area contributed by atoms with Crippen molar-refractivity contribution >= 4 is 5.97 Å². The van der Waals surface area contributed by atoms with Crippen molar-refractivity contribution in [2.45, 2.75) is 32.1 Å². The molecule has 1 aliphatic rings. The Morgan fingerprint density at radius 3 is 2.70 bits per heavy atom. The smallest absolute Gasteiger partial charge is 0.490 e. The van der Waals surface area contributed by atoms with E-state index in [1.807, 2.05) is 18.2 Å². The number of fused-ring (bicyclic) bond motifs is 1. The largest absolute Gasteiger partial charge is 0.493 e. The number of alkyl halides is 3. The molecule has 0 atom stereocenters. The third kappa shape index (κ3) is 5.86. The number of aliphatic carboxylic acids is 1. The van der Waals surface area contributed by atoms with Crippen molar-refractivity contribution in [2.75, 3.05) is 6.61 Å². The number of carboxylic acids is 1. The number of aromatic amines is 1. The molecule has 10 heteroatoms. The fourth-order valence-corrected chi connectivity index (χ4v) is 2.86. The van der Waals surface area contributed by atoms with Crippen molar-refractivity contribution in [3.8, 4) is 17.2 Å². The molecule has 3 heterocycles. The first-order valence-corrected chi connectivity index (χ1v) is 9.17. The van der Waals surface area contributed by atoms with Crippen LogP contribution in [-0.2, 0) is 24.3 Å². The van der Waals surface area contributed by atoms with Crippen LogP contribution in [0.4, 0.5) is 13.2 Å². The highest BCUT2D eigenvalue weighted by molar-refractivity contribution is 5.73. The lowest BCUT2D eigenvalue weighted by atomic mass is 10.0. The second kappa shape index (κ2) is 9.49. The standard InChI is InChI=1S/C18H19N3O2.C2HF3O2/c1-2-14-10-13(3-5-17(14)22-9-1)11-19-12-15-4-6-18(23-15)16-7-8-20-21-16;3-2(4,5)1(6)7/h3-8,10,19H,1-2,9,11-12H2,(H,20,21);(H,6,7). The molecule has 0 fully saturated rings. The molecule has 1 aromatic carbocycles. The van der Waals surface area contributed by atoms with Gasteiger partial charge in [-0.25, -0.2) is 4.79 Å². The van der Waals surface area contributed by atoms with E-state index < -0.39 is 12.1 Å². The first-order valence-electron chi connectivity index (χ1n) is 9.17. The first kappa shape index (κ1) is 21.4. The van der Waals surface area contributed by atoms with Gasteiger partial charge in [-0.05, 0) is 48.2 Å². The summed E-state index contributed by atoms with van der Waals surface area (Å²) < 4.78 is 43.2. The summed E-state index contributed by atoms with van der Waals surface area (Å²) in [5.41, 5.74) is 3.48. The summed E-state index contributed by atoms with van der Waals surface area (Å²) in [6.45, 7) is 2.34. The molecule has 0 bridgehead atoms. The molecule has 1 aliphatic heterocycles.